The molecule has 1 amide bonds. The van der Waals surface area contributed by atoms with Crippen molar-refractivity contribution in [3.05, 3.63) is 89.4 Å². The van der Waals surface area contributed by atoms with Crippen molar-refractivity contribution in [1.29, 1.82) is 0 Å². The van der Waals surface area contributed by atoms with Crippen LogP contribution in [0.15, 0.2) is 71.4 Å². The van der Waals surface area contributed by atoms with Crippen LogP contribution in [0.2, 0.25) is 0 Å². The minimum absolute atomic E-state index is 0.00251. The first-order valence-electron chi connectivity index (χ1n) is 11.8. The lowest BCUT2D eigenvalue weighted by atomic mass is 10.1. The van der Waals surface area contributed by atoms with E-state index in [4.69, 9.17) is 14.4 Å². The molecule has 0 aliphatic carbocycles. The minimum atomic E-state index is -0.00251. The van der Waals surface area contributed by atoms with E-state index in [1.54, 1.807) is 7.11 Å². The predicted octanol–water partition coefficient (Wildman–Crippen LogP) is 3.86. The number of aryl methyl sites for hydroxylation is 1. The predicted molar refractivity (Wildman–Crippen MR) is 132 cm³/mol. The van der Waals surface area contributed by atoms with Gasteiger partial charge in [0.05, 0.1) is 31.5 Å². The summed E-state index contributed by atoms with van der Waals surface area (Å²) in [6.07, 6.45) is 1.87. The van der Waals surface area contributed by atoms with E-state index >= 15 is 0 Å². The SMILES string of the molecule is COc1cccc(-c2nn(Cc3ccccc3)cc2C(=O)N2CCN(Cc3cc(C)no3)CC2)c1. The number of methoxy groups -OCH3 is 1. The lowest BCUT2D eigenvalue weighted by Gasteiger charge is -2.34. The summed E-state index contributed by atoms with van der Waals surface area (Å²) in [7, 11) is 1.64. The van der Waals surface area contributed by atoms with Gasteiger partial charge in [0.1, 0.15) is 11.4 Å². The second kappa shape index (κ2) is 10.1. The zero-order valence-electron chi connectivity index (χ0n) is 20.1. The maximum absolute atomic E-state index is 13.7. The Hall–Kier alpha value is -3.91. The van der Waals surface area contributed by atoms with Crippen LogP contribution in [-0.2, 0) is 13.1 Å². The number of carbonyl (C=O) groups excluding carboxylic acids is 1. The Morgan fingerprint density at radius 1 is 1.00 bits per heavy atom. The Morgan fingerprint density at radius 3 is 2.51 bits per heavy atom. The van der Waals surface area contributed by atoms with E-state index in [2.05, 4.69) is 22.2 Å². The molecule has 8 nitrogen and oxygen atoms in total. The lowest BCUT2D eigenvalue weighted by Crippen LogP contribution is -2.48. The maximum Gasteiger partial charge on any atom is 0.257 e. The van der Waals surface area contributed by atoms with E-state index in [9.17, 15) is 4.79 Å². The van der Waals surface area contributed by atoms with Gasteiger partial charge in [0, 0.05) is 44.0 Å². The Kier molecular flexibility index (Phi) is 6.63. The standard InChI is InChI=1S/C27H29N5O3/c1-20-15-24(35-29-20)18-30-11-13-31(14-12-30)27(33)25-19-32(17-21-7-4-3-5-8-21)28-26(25)22-9-6-10-23(16-22)34-2/h3-10,15-16,19H,11-14,17-18H2,1-2H3. The van der Waals surface area contributed by atoms with Crippen LogP contribution in [0.4, 0.5) is 0 Å². The first-order valence-corrected chi connectivity index (χ1v) is 11.8. The lowest BCUT2D eigenvalue weighted by molar-refractivity contribution is 0.0618. The van der Waals surface area contributed by atoms with Crippen LogP contribution in [0, 0.1) is 6.92 Å². The second-order valence-corrected chi connectivity index (χ2v) is 8.81. The van der Waals surface area contributed by atoms with Gasteiger partial charge in [-0.2, -0.15) is 5.10 Å². The van der Waals surface area contributed by atoms with E-state index in [1.807, 2.05) is 71.2 Å². The number of hydrogen-bond donors (Lipinski definition) is 0. The van der Waals surface area contributed by atoms with Crippen LogP contribution in [-0.4, -0.2) is 63.9 Å². The quantitative estimate of drug-likeness (QED) is 0.407. The van der Waals surface area contributed by atoms with Gasteiger partial charge in [-0.25, -0.2) is 0 Å². The number of rotatable bonds is 7. The average Bonchev–Trinajstić information content (AvgIpc) is 3.50. The molecule has 35 heavy (non-hydrogen) atoms. The molecule has 1 fully saturated rings. The van der Waals surface area contributed by atoms with Crippen molar-refractivity contribution in [2.45, 2.75) is 20.0 Å². The highest BCUT2D eigenvalue weighted by molar-refractivity contribution is 6.00. The van der Waals surface area contributed by atoms with Crippen LogP contribution in [0.25, 0.3) is 11.3 Å². The van der Waals surface area contributed by atoms with Crippen LogP contribution in [0.1, 0.15) is 27.4 Å². The van der Waals surface area contributed by atoms with Gasteiger partial charge in [0.2, 0.25) is 0 Å². The zero-order chi connectivity index (χ0) is 24.2. The molecule has 2 aromatic carbocycles. The van der Waals surface area contributed by atoms with Crippen LogP contribution >= 0.6 is 0 Å². The fourth-order valence-electron chi connectivity index (χ4n) is 4.40. The van der Waals surface area contributed by atoms with Gasteiger partial charge < -0.3 is 14.2 Å². The van der Waals surface area contributed by atoms with Crippen LogP contribution < -0.4 is 4.74 Å². The molecule has 5 rings (SSSR count). The smallest absolute Gasteiger partial charge is 0.257 e. The molecule has 0 N–H and O–H groups in total. The molecule has 2 aromatic heterocycles. The third kappa shape index (κ3) is 5.27. The molecule has 1 aliphatic heterocycles. The summed E-state index contributed by atoms with van der Waals surface area (Å²) >= 11 is 0. The summed E-state index contributed by atoms with van der Waals surface area (Å²) in [6, 6.07) is 19.8. The van der Waals surface area contributed by atoms with Crippen molar-refractivity contribution >= 4 is 5.91 Å². The second-order valence-electron chi connectivity index (χ2n) is 8.81. The number of nitrogens with zero attached hydrogens (tertiary/aromatic N) is 5. The van der Waals surface area contributed by atoms with E-state index in [0.29, 0.717) is 37.4 Å². The monoisotopic (exact) mass is 471 g/mol. The Labute approximate surface area is 204 Å². The number of piperazine rings is 1. The summed E-state index contributed by atoms with van der Waals surface area (Å²) < 4.78 is 12.6. The third-order valence-electron chi connectivity index (χ3n) is 6.24. The van der Waals surface area contributed by atoms with Gasteiger partial charge in [-0.15, -0.1) is 0 Å². The van der Waals surface area contributed by atoms with E-state index in [1.165, 1.54) is 0 Å². The first kappa shape index (κ1) is 22.9. The largest absolute Gasteiger partial charge is 0.497 e. The van der Waals surface area contributed by atoms with Crippen LogP contribution in [0.3, 0.4) is 0 Å². The minimum Gasteiger partial charge on any atom is -0.497 e. The molecule has 0 atom stereocenters. The summed E-state index contributed by atoms with van der Waals surface area (Å²) in [4.78, 5) is 17.9. The molecular formula is C27H29N5O3. The van der Waals surface area contributed by atoms with Crippen molar-refractivity contribution in [3.63, 3.8) is 0 Å². The summed E-state index contributed by atoms with van der Waals surface area (Å²) in [5.74, 6) is 1.58. The average molecular weight is 472 g/mol. The van der Waals surface area contributed by atoms with Gasteiger partial charge in [0.15, 0.2) is 5.76 Å². The first-order chi connectivity index (χ1) is 17.1. The molecule has 0 radical (unpaired) electrons. The molecule has 3 heterocycles. The molecule has 0 saturated carbocycles. The zero-order valence-corrected chi connectivity index (χ0v) is 20.1. The topological polar surface area (TPSA) is 76.6 Å². The van der Waals surface area contributed by atoms with E-state index in [-0.39, 0.29) is 5.91 Å². The summed E-state index contributed by atoms with van der Waals surface area (Å²) in [5.41, 5.74) is 4.14. The number of benzene rings is 2. The van der Waals surface area contributed by atoms with Crippen molar-refractivity contribution in [2.24, 2.45) is 0 Å². The Morgan fingerprint density at radius 2 is 1.80 bits per heavy atom. The van der Waals surface area contributed by atoms with E-state index < -0.39 is 0 Å². The van der Waals surface area contributed by atoms with Gasteiger partial charge in [-0.1, -0.05) is 47.6 Å². The Balaban J connectivity index is 1.36. The number of aromatic nitrogens is 3. The van der Waals surface area contributed by atoms with Gasteiger partial charge >= 0.3 is 0 Å². The number of carbonyl (C=O) groups is 1. The van der Waals surface area contributed by atoms with Gasteiger partial charge in [-0.3, -0.25) is 14.4 Å². The number of ether oxygens (including phenoxy) is 1. The van der Waals surface area contributed by atoms with Gasteiger partial charge in [-0.05, 0) is 24.6 Å². The van der Waals surface area contributed by atoms with Crippen molar-refractivity contribution in [3.8, 4) is 17.0 Å². The molecule has 0 spiro atoms. The van der Waals surface area contributed by atoms with Crippen molar-refractivity contribution < 1.29 is 14.1 Å². The molecule has 1 saturated heterocycles. The van der Waals surface area contributed by atoms with Gasteiger partial charge in [0.25, 0.3) is 5.91 Å². The summed E-state index contributed by atoms with van der Waals surface area (Å²) in [5, 5.41) is 8.79. The van der Waals surface area contributed by atoms with Crippen molar-refractivity contribution in [1.82, 2.24) is 24.7 Å². The molecule has 0 bridgehead atoms. The van der Waals surface area contributed by atoms with E-state index in [0.717, 1.165) is 41.4 Å². The summed E-state index contributed by atoms with van der Waals surface area (Å²) in [6.45, 7) is 6.06. The van der Waals surface area contributed by atoms with Crippen molar-refractivity contribution in [2.75, 3.05) is 33.3 Å². The molecule has 180 valence electrons. The maximum atomic E-state index is 13.7. The molecule has 4 aromatic rings. The molecule has 1 aliphatic rings. The molecule has 8 heteroatoms. The fraction of sp³-hybridized carbons (Fsp3) is 0.296. The normalized spacial score (nSPS) is 14.3. The van der Waals surface area contributed by atoms with Crippen LogP contribution in [0.5, 0.6) is 5.75 Å². The Bertz CT molecular complexity index is 1290. The number of amides is 1. The highest BCUT2D eigenvalue weighted by atomic mass is 16.5. The third-order valence-corrected chi connectivity index (χ3v) is 6.24. The number of hydrogen-bond acceptors (Lipinski definition) is 6. The highest BCUT2D eigenvalue weighted by Crippen LogP contribution is 2.27. The highest BCUT2D eigenvalue weighted by Gasteiger charge is 2.27. The fourth-order valence-corrected chi connectivity index (χ4v) is 4.40. The molecular weight excluding hydrogens is 442 g/mol. The molecule has 0 unspecified atom stereocenters.